The lowest BCUT2D eigenvalue weighted by Gasteiger charge is -2.22. The van der Waals surface area contributed by atoms with E-state index in [1.54, 1.807) is 4.90 Å². The molecular formula is C9H16ClFN2O. The number of carbonyl (C=O) groups is 1. The number of rotatable bonds is 2. The molecule has 82 valence electrons. The number of amides is 1. The van der Waals surface area contributed by atoms with Crippen molar-refractivity contribution in [2.45, 2.75) is 31.5 Å². The minimum Gasteiger partial charge on any atom is -0.335 e. The maximum Gasteiger partial charge on any atom is 0.226 e. The van der Waals surface area contributed by atoms with Crippen LogP contribution < -0.4 is 5.73 Å². The number of carbonyl (C=O) groups excluding carboxylic acids is 1. The van der Waals surface area contributed by atoms with Crippen LogP contribution in [0.15, 0.2) is 0 Å². The minimum absolute atomic E-state index is 0. The third kappa shape index (κ3) is 2.17. The highest BCUT2D eigenvalue weighted by molar-refractivity contribution is 5.85. The van der Waals surface area contributed by atoms with Crippen molar-refractivity contribution in [3.63, 3.8) is 0 Å². The molecule has 0 bridgehead atoms. The smallest absolute Gasteiger partial charge is 0.226 e. The first kappa shape index (κ1) is 11.7. The summed E-state index contributed by atoms with van der Waals surface area (Å²) in [4.78, 5) is 13.3. The van der Waals surface area contributed by atoms with Crippen LogP contribution in [-0.4, -0.2) is 36.1 Å². The Labute approximate surface area is 89.2 Å². The molecule has 2 aliphatic rings. The molecule has 14 heavy (non-hydrogen) atoms. The van der Waals surface area contributed by atoms with E-state index in [0.717, 1.165) is 12.8 Å². The molecule has 0 aromatic heterocycles. The lowest BCUT2D eigenvalue weighted by atomic mass is 10.2. The molecule has 0 unspecified atom stereocenters. The van der Waals surface area contributed by atoms with Crippen molar-refractivity contribution < 1.29 is 9.18 Å². The lowest BCUT2D eigenvalue weighted by Crippen LogP contribution is -2.40. The van der Waals surface area contributed by atoms with Gasteiger partial charge in [-0.15, -0.1) is 12.4 Å². The van der Waals surface area contributed by atoms with Gasteiger partial charge in [0, 0.05) is 24.9 Å². The van der Waals surface area contributed by atoms with Crippen molar-refractivity contribution >= 4 is 18.3 Å². The number of hydrogen-bond acceptors (Lipinski definition) is 2. The highest BCUT2D eigenvalue weighted by Crippen LogP contribution is 2.33. The maximum atomic E-state index is 13.0. The maximum absolute atomic E-state index is 13.0. The molecule has 0 radical (unpaired) electrons. The third-order valence-electron chi connectivity index (χ3n) is 2.85. The van der Waals surface area contributed by atoms with Gasteiger partial charge in [-0.2, -0.15) is 0 Å². The first-order valence-electron chi connectivity index (χ1n) is 4.87. The topological polar surface area (TPSA) is 46.3 Å². The summed E-state index contributed by atoms with van der Waals surface area (Å²) in [6.45, 7) is 0.649. The van der Waals surface area contributed by atoms with Crippen molar-refractivity contribution in [1.82, 2.24) is 4.90 Å². The fourth-order valence-corrected chi connectivity index (χ4v) is 1.92. The largest absolute Gasteiger partial charge is 0.335 e. The van der Waals surface area contributed by atoms with E-state index in [-0.39, 0.29) is 36.8 Å². The quantitative estimate of drug-likeness (QED) is 0.748. The van der Waals surface area contributed by atoms with Crippen LogP contribution in [0.1, 0.15) is 19.3 Å². The summed E-state index contributed by atoms with van der Waals surface area (Å²) in [7, 11) is 0. The van der Waals surface area contributed by atoms with Crippen molar-refractivity contribution in [1.29, 1.82) is 0 Å². The van der Waals surface area contributed by atoms with E-state index in [9.17, 15) is 9.18 Å². The molecule has 2 N–H and O–H groups in total. The number of nitrogens with zero attached hydrogens (tertiary/aromatic N) is 1. The minimum atomic E-state index is -0.865. The lowest BCUT2D eigenvalue weighted by molar-refractivity contribution is -0.133. The summed E-state index contributed by atoms with van der Waals surface area (Å²) in [5, 5.41) is 0. The molecule has 0 aromatic carbocycles. The van der Waals surface area contributed by atoms with Gasteiger partial charge >= 0.3 is 0 Å². The highest BCUT2D eigenvalue weighted by Gasteiger charge is 2.40. The van der Waals surface area contributed by atoms with Crippen LogP contribution in [0.4, 0.5) is 4.39 Å². The van der Waals surface area contributed by atoms with Gasteiger partial charge in [-0.1, -0.05) is 0 Å². The molecule has 2 atom stereocenters. The Morgan fingerprint density at radius 1 is 1.50 bits per heavy atom. The predicted octanol–water partition coefficient (Wildman–Crippen LogP) is 0.716. The first-order valence-corrected chi connectivity index (χ1v) is 4.87. The van der Waals surface area contributed by atoms with Crippen LogP contribution in [0.2, 0.25) is 0 Å². The molecule has 5 heteroatoms. The zero-order chi connectivity index (χ0) is 9.42. The van der Waals surface area contributed by atoms with E-state index in [1.807, 2.05) is 0 Å². The second kappa shape index (κ2) is 4.45. The van der Waals surface area contributed by atoms with Gasteiger partial charge in [0.1, 0.15) is 6.17 Å². The number of likely N-dealkylation sites (tertiary alicyclic amines) is 1. The fraction of sp³-hybridized carbons (Fsp3) is 0.889. The van der Waals surface area contributed by atoms with E-state index >= 15 is 0 Å². The van der Waals surface area contributed by atoms with E-state index in [2.05, 4.69) is 0 Å². The standard InChI is InChI=1S/C9H15FN2O.ClH/c10-7-3-8(4-11)12(5-7)9(13)6-1-2-6;/h6-8H,1-5,11H2;1H/t7-,8+;/m1./s1. The van der Waals surface area contributed by atoms with Crippen LogP contribution in [0.5, 0.6) is 0 Å². The van der Waals surface area contributed by atoms with Gasteiger partial charge in [-0.05, 0) is 12.8 Å². The van der Waals surface area contributed by atoms with Crippen LogP contribution in [-0.2, 0) is 4.79 Å². The number of halogens is 2. The van der Waals surface area contributed by atoms with Crippen LogP contribution in [0.25, 0.3) is 0 Å². The van der Waals surface area contributed by atoms with Crippen molar-refractivity contribution in [2.75, 3.05) is 13.1 Å². The average Bonchev–Trinajstić information content (AvgIpc) is 2.88. The van der Waals surface area contributed by atoms with Gasteiger partial charge in [-0.3, -0.25) is 4.79 Å². The predicted molar refractivity (Wildman–Crippen MR) is 54.0 cm³/mol. The normalized spacial score (nSPS) is 31.4. The van der Waals surface area contributed by atoms with E-state index in [4.69, 9.17) is 5.73 Å². The van der Waals surface area contributed by atoms with Gasteiger partial charge in [0.2, 0.25) is 5.91 Å². The highest BCUT2D eigenvalue weighted by atomic mass is 35.5. The van der Waals surface area contributed by atoms with Crippen LogP contribution in [0, 0.1) is 5.92 Å². The van der Waals surface area contributed by atoms with Crippen LogP contribution in [0.3, 0.4) is 0 Å². The molecule has 1 saturated carbocycles. The second-order valence-corrected chi connectivity index (χ2v) is 3.99. The summed E-state index contributed by atoms with van der Waals surface area (Å²) in [5.41, 5.74) is 5.48. The van der Waals surface area contributed by atoms with Gasteiger partial charge in [0.25, 0.3) is 0 Å². The zero-order valence-electron chi connectivity index (χ0n) is 7.99. The molecule has 1 saturated heterocycles. The third-order valence-corrected chi connectivity index (χ3v) is 2.85. The second-order valence-electron chi connectivity index (χ2n) is 3.99. The number of nitrogens with two attached hydrogens (primary N) is 1. The summed E-state index contributed by atoms with van der Waals surface area (Å²) in [6, 6.07) is -0.0527. The Hall–Kier alpha value is -0.350. The van der Waals surface area contributed by atoms with Gasteiger partial charge < -0.3 is 10.6 Å². The van der Waals surface area contributed by atoms with Crippen molar-refractivity contribution in [3.05, 3.63) is 0 Å². The fourth-order valence-electron chi connectivity index (χ4n) is 1.92. The van der Waals surface area contributed by atoms with E-state index < -0.39 is 6.17 Å². The van der Waals surface area contributed by atoms with E-state index in [0.29, 0.717) is 13.0 Å². The number of alkyl halides is 1. The molecule has 1 aliphatic carbocycles. The average molecular weight is 223 g/mol. The Morgan fingerprint density at radius 2 is 2.14 bits per heavy atom. The molecule has 1 heterocycles. The summed E-state index contributed by atoms with van der Waals surface area (Å²) < 4.78 is 13.0. The van der Waals surface area contributed by atoms with Gasteiger partial charge in [0.05, 0.1) is 6.54 Å². The number of hydrogen-bond donors (Lipinski definition) is 1. The Balaban J connectivity index is 0.000000980. The van der Waals surface area contributed by atoms with Crippen molar-refractivity contribution in [3.8, 4) is 0 Å². The van der Waals surface area contributed by atoms with Crippen molar-refractivity contribution in [2.24, 2.45) is 11.7 Å². The molecule has 0 spiro atoms. The Bertz CT molecular complexity index is 223. The van der Waals surface area contributed by atoms with Crippen LogP contribution >= 0.6 is 12.4 Å². The molecule has 1 aliphatic heterocycles. The molecular weight excluding hydrogens is 207 g/mol. The van der Waals surface area contributed by atoms with Gasteiger partial charge in [-0.25, -0.2) is 4.39 Å². The molecule has 2 rings (SSSR count). The summed E-state index contributed by atoms with van der Waals surface area (Å²) >= 11 is 0. The first-order chi connectivity index (χ1) is 6.22. The Kier molecular flexibility index (Phi) is 3.72. The molecule has 3 nitrogen and oxygen atoms in total. The molecule has 0 aromatic rings. The summed E-state index contributed by atoms with van der Waals surface area (Å²) in [5.74, 6) is 0.301. The van der Waals surface area contributed by atoms with E-state index in [1.165, 1.54) is 0 Å². The zero-order valence-corrected chi connectivity index (χ0v) is 8.80. The SMILES string of the molecule is Cl.NC[C@@H]1C[C@@H](F)CN1C(=O)C1CC1. The van der Waals surface area contributed by atoms with Gasteiger partial charge in [0.15, 0.2) is 0 Å². The Morgan fingerprint density at radius 3 is 2.64 bits per heavy atom. The molecule has 2 fully saturated rings. The summed E-state index contributed by atoms with van der Waals surface area (Å²) in [6.07, 6.45) is 1.51. The monoisotopic (exact) mass is 222 g/mol. The molecule has 1 amide bonds.